The van der Waals surface area contributed by atoms with Gasteiger partial charge in [-0.15, -0.1) is 11.8 Å². The van der Waals surface area contributed by atoms with Crippen LogP contribution in [0.3, 0.4) is 0 Å². The van der Waals surface area contributed by atoms with Crippen LogP contribution < -0.4 is 5.43 Å². The molecule has 0 aliphatic carbocycles. The molecule has 0 spiro atoms. The van der Waals surface area contributed by atoms with Gasteiger partial charge in [0.1, 0.15) is 0 Å². The molecule has 1 N–H and O–H groups in total. The molecule has 3 aromatic rings. The number of carbonyl (C=O) groups excluding carboxylic acids is 1. The SMILES string of the molecule is O=C(CSc1cccc2cccnc12)N/N=C\c1cccc(C(F)(F)F)c1. The fraction of sp³-hybridized carbons (Fsp3) is 0.105. The molecule has 2 aromatic carbocycles. The Morgan fingerprint density at radius 2 is 1.93 bits per heavy atom. The van der Waals surface area contributed by atoms with E-state index in [1.54, 1.807) is 6.20 Å². The van der Waals surface area contributed by atoms with Crippen molar-refractivity contribution in [1.82, 2.24) is 10.4 Å². The predicted molar refractivity (Wildman–Crippen MR) is 99.6 cm³/mol. The quantitative estimate of drug-likeness (QED) is 0.397. The van der Waals surface area contributed by atoms with Gasteiger partial charge in [-0.05, 0) is 29.8 Å². The summed E-state index contributed by atoms with van der Waals surface area (Å²) in [5.74, 6) is -0.258. The number of aromatic nitrogens is 1. The van der Waals surface area contributed by atoms with Crippen LogP contribution in [0.1, 0.15) is 11.1 Å². The topological polar surface area (TPSA) is 54.4 Å². The summed E-state index contributed by atoms with van der Waals surface area (Å²) in [4.78, 5) is 17.1. The number of nitrogens with one attached hydrogen (secondary N) is 1. The Labute approximate surface area is 157 Å². The number of amides is 1. The van der Waals surface area contributed by atoms with Gasteiger partial charge in [0.05, 0.1) is 23.0 Å². The first-order chi connectivity index (χ1) is 12.9. The molecule has 0 saturated carbocycles. The van der Waals surface area contributed by atoms with Crippen molar-refractivity contribution >= 4 is 34.8 Å². The third kappa shape index (κ3) is 5.07. The second-order valence-electron chi connectivity index (χ2n) is 5.54. The van der Waals surface area contributed by atoms with E-state index in [1.807, 2.05) is 30.3 Å². The normalized spacial score (nSPS) is 11.8. The number of halogens is 3. The molecule has 1 amide bonds. The van der Waals surface area contributed by atoms with Gasteiger partial charge in [0, 0.05) is 16.5 Å². The third-order valence-electron chi connectivity index (χ3n) is 3.57. The molecule has 0 atom stereocenters. The molecule has 8 heteroatoms. The lowest BCUT2D eigenvalue weighted by molar-refractivity contribution is -0.137. The smallest absolute Gasteiger partial charge is 0.272 e. The molecule has 0 aliphatic rings. The number of thioether (sulfide) groups is 1. The molecule has 0 unspecified atom stereocenters. The van der Waals surface area contributed by atoms with E-state index in [4.69, 9.17) is 0 Å². The first-order valence-electron chi connectivity index (χ1n) is 7.89. The van der Waals surface area contributed by atoms with Crippen LogP contribution in [0.15, 0.2) is 70.8 Å². The highest BCUT2D eigenvalue weighted by Crippen LogP contribution is 2.29. The molecule has 0 aliphatic heterocycles. The Bertz CT molecular complexity index is 984. The van der Waals surface area contributed by atoms with Crippen LogP contribution in [0.25, 0.3) is 10.9 Å². The number of nitrogens with zero attached hydrogens (tertiary/aromatic N) is 2. The van der Waals surface area contributed by atoms with E-state index in [9.17, 15) is 18.0 Å². The molecule has 27 heavy (non-hydrogen) atoms. The zero-order valence-electron chi connectivity index (χ0n) is 13.9. The monoisotopic (exact) mass is 389 g/mol. The number of pyridine rings is 1. The Morgan fingerprint density at radius 1 is 1.15 bits per heavy atom. The number of hydrogen-bond acceptors (Lipinski definition) is 4. The Kier molecular flexibility index (Phi) is 5.75. The van der Waals surface area contributed by atoms with Crippen molar-refractivity contribution in [3.8, 4) is 0 Å². The largest absolute Gasteiger partial charge is 0.416 e. The molecular formula is C19H14F3N3OS. The Balaban J connectivity index is 1.58. The van der Waals surface area contributed by atoms with E-state index in [-0.39, 0.29) is 17.2 Å². The first kappa shape index (κ1) is 18.9. The van der Waals surface area contributed by atoms with E-state index < -0.39 is 11.7 Å². The van der Waals surface area contributed by atoms with Gasteiger partial charge in [-0.3, -0.25) is 9.78 Å². The fourth-order valence-corrected chi connectivity index (χ4v) is 3.18. The minimum absolute atomic E-state index is 0.107. The van der Waals surface area contributed by atoms with E-state index in [0.717, 1.165) is 27.9 Å². The number of hydrazone groups is 1. The number of benzene rings is 2. The van der Waals surface area contributed by atoms with Crippen molar-refractivity contribution in [2.75, 3.05) is 5.75 Å². The van der Waals surface area contributed by atoms with Gasteiger partial charge >= 0.3 is 6.18 Å². The summed E-state index contributed by atoms with van der Waals surface area (Å²) < 4.78 is 38.0. The molecule has 0 fully saturated rings. The maximum Gasteiger partial charge on any atom is 0.416 e. The maximum absolute atomic E-state index is 12.7. The number of alkyl halides is 3. The summed E-state index contributed by atoms with van der Waals surface area (Å²) in [7, 11) is 0. The van der Waals surface area contributed by atoms with Crippen LogP contribution in [0, 0.1) is 0 Å². The molecule has 0 bridgehead atoms. The number of carbonyl (C=O) groups is 1. The fourth-order valence-electron chi connectivity index (χ4n) is 2.34. The second-order valence-corrected chi connectivity index (χ2v) is 6.55. The van der Waals surface area contributed by atoms with Gasteiger partial charge in [0.15, 0.2) is 0 Å². The zero-order chi connectivity index (χ0) is 19.3. The molecule has 138 valence electrons. The van der Waals surface area contributed by atoms with Gasteiger partial charge in [-0.2, -0.15) is 18.3 Å². The van der Waals surface area contributed by atoms with E-state index in [1.165, 1.54) is 30.1 Å². The lowest BCUT2D eigenvalue weighted by atomic mass is 10.1. The minimum atomic E-state index is -4.42. The van der Waals surface area contributed by atoms with E-state index in [2.05, 4.69) is 15.5 Å². The van der Waals surface area contributed by atoms with Crippen molar-refractivity contribution in [3.63, 3.8) is 0 Å². The highest BCUT2D eigenvalue weighted by molar-refractivity contribution is 8.00. The first-order valence-corrected chi connectivity index (χ1v) is 8.88. The standard InChI is InChI=1S/C19H14F3N3OS/c20-19(21,22)15-7-1-4-13(10-15)11-24-25-17(26)12-27-16-8-2-5-14-6-3-9-23-18(14)16/h1-11H,12H2,(H,25,26)/b24-11-. The summed E-state index contributed by atoms with van der Waals surface area (Å²) in [6.07, 6.45) is -1.56. The maximum atomic E-state index is 12.7. The molecule has 4 nitrogen and oxygen atoms in total. The van der Waals surface area contributed by atoms with E-state index >= 15 is 0 Å². The Hall–Kier alpha value is -2.87. The second kappa shape index (κ2) is 8.22. The molecule has 1 aromatic heterocycles. The minimum Gasteiger partial charge on any atom is -0.272 e. The zero-order valence-corrected chi connectivity index (χ0v) is 14.7. The van der Waals surface area contributed by atoms with Crippen LogP contribution in [0.2, 0.25) is 0 Å². The van der Waals surface area contributed by atoms with Crippen molar-refractivity contribution in [3.05, 3.63) is 71.9 Å². The Morgan fingerprint density at radius 3 is 2.74 bits per heavy atom. The van der Waals surface area contributed by atoms with Crippen LogP contribution in [-0.2, 0) is 11.0 Å². The van der Waals surface area contributed by atoms with Crippen molar-refractivity contribution < 1.29 is 18.0 Å². The number of para-hydroxylation sites is 1. The van der Waals surface area contributed by atoms with Gasteiger partial charge in [0.25, 0.3) is 0 Å². The average molecular weight is 389 g/mol. The van der Waals surface area contributed by atoms with Crippen molar-refractivity contribution in [2.45, 2.75) is 11.1 Å². The van der Waals surface area contributed by atoms with Crippen LogP contribution in [0.5, 0.6) is 0 Å². The van der Waals surface area contributed by atoms with Crippen molar-refractivity contribution in [2.24, 2.45) is 5.10 Å². The van der Waals surface area contributed by atoms with E-state index in [0.29, 0.717) is 0 Å². The summed E-state index contributed by atoms with van der Waals surface area (Å²) in [6.45, 7) is 0. The number of fused-ring (bicyclic) bond motifs is 1. The van der Waals surface area contributed by atoms with Crippen LogP contribution >= 0.6 is 11.8 Å². The van der Waals surface area contributed by atoms with Gasteiger partial charge in [0.2, 0.25) is 5.91 Å². The van der Waals surface area contributed by atoms with Gasteiger partial charge in [-0.25, -0.2) is 5.43 Å². The molecular weight excluding hydrogens is 375 g/mol. The summed E-state index contributed by atoms with van der Waals surface area (Å²) >= 11 is 1.31. The van der Waals surface area contributed by atoms with Gasteiger partial charge < -0.3 is 0 Å². The molecule has 1 heterocycles. The lowest BCUT2D eigenvalue weighted by Crippen LogP contribution is -2.19. The lowest BCUT2D eigenvalue weighted by Gasteiger charge is -2.06. The van der Waals surface area contributed by atoms with Gasteiger partial charge in [-0.1, -0.05) is 30.3 Å². The van der Waals surface area contributed by atoms with Crippen LogP contribution in [0.4, 0.5) is 13.2 Å². The highest BCUT2D eigenvalue weighted by Gasteiger charge is 2.30. The molecule has 0 radical (unpaired) electrons. The molecule has 3 rings (SSSR count). The summed E-state index contributed by atoms with van der Waals surface area (Å²) in [5, 5.41) is 4.70. The predicted octanol–water partition coefficient (Wildman–Crippen LogP) is 4.50. The number of rotatable bonds is 5. The number of hydrogen-bond donors (Lipinski definition) is 1. The van der Waals surface area contributed by atoms with Crippen molar-refractivity contribution in [1.29, 1.82) is 0 Å². The highest BCUT2D eigenvalue weighted by atomic mass is 32.2. The third-order valence-corrected chi connectivity index (χ3v) is 4.62. The average Bonchev–Trinajstić information content (AvgIpc) is 2.66. The summed E-state index contributed by atoms with van der Waals surface area (Å²) in [5.41, 5.74) is 2.61. The summed E-state index contributed by atoms with van der Waals surface area (Å²) in [6, 6.07) is 14.2. The van der Waals surface area contributed by atoms with Crippen LogP contribution in [-0.4, -0.2) is 22.9 Å². The molecule has 0 saturated heterocycles.